The highest BCUT2D eigenvalue weighted by atomic mass is 32.1. The first-order valence-electron chi connectivity index (χ1n) is 9.38. The molecule has 2 aromatic rings. The van der Waals surface area contributed by atoms with Gasteiger partial charge in [0.05, 0.1) is 19.2 Å². The monoisotopic (exact) mass is 405 g/mol. The largest absolute Gasteiger partial charge is 0.465 e. The smallest absolute Gasteiger partial charge is 0.341 e. The zero-order chi connectivity index (χ0) is 19.1. The summed E-state index contributed by atoms with van der Waals surface area (Å²) in [5.74, 6) is 0.287. The highest BCUT2D eigenvalue weighted by molar-refractivity contribution is 7.16. The fourth-order valence-electron chi connectivity index (χ4n) is 4.14. The van der Waals surface area contributed by atoms with Crippen molar-refractivity contribution in [3.05, 3.63) is 37.9 Å². The van der Waals surface area contributed by atoms with Crippen LogP contribution in [0.25, 0.3) is 0 Å². The van der Waals surface area contributed by atoms with Gasteiger partial charge in [0, 0.05) is 27.7 Å². The quantitative estimate of drug-likeness (QED) is 0.752. The number of methoxy groups -OCH3 is 1. The van der Waals surface area contributed by atoms with E-state index in [1.54, 1.807) is 0 Å². The van der Waals surface area contributed by atoms with Crippen molar-refractivity contribution in [3.63, 3.8) is 0 Å². The summed E-state index contributed by atoms with van der Waals surface area (Å²) in [6, 6.07) is 2.69. The van der Waals surface area contributed by atoms with Gasteiger partial charge in [0.2, 0.25) is 0 Å². The summed E-state index contributed by atoms with van der Waals surface area (Å²) < 4.78 is 4.90. The number of nitrogens with one attached hydrogen (secondary N) is 2. The average Bonchev–Trinajstić information content (AvgIpc) is 3.29. The number of carbonyl (C=O) groups is 2. The van der Waals surface area contributed by atoms with E-state index in [0.29, 0.717) is 29.1 Å². The minimum absolute atomic E-state index is 0.0271. The van der Waals surface area contributed by atoms with Gasteiger partial charge < -0.3 is 15.0 Å². The van der Waals surface area contributed by atoms with Crippen LogP contribution in [-0.2, 0) is 16.0 Å². The van der Waals surface area contributed by atoms with Gasteiger partial charge in [-0.05, 0) is 43.7 Å². The molecule has 7 heteroatoms. The summed E-state index contributed by atoms with van der Waals surface area (Å²) in [4.78, 5) is 28.8. The van der Waals surface area contributed by atoms with Gasteiger partial charge in [-0.1, -0.05) is 0 Å². The first-order valence-corrected chi connectivity index (χ1v) is 11.1. The Balaban J connectivity index is 1.50. The second kappa shape index (κ2) is 7.37. The second-order valence-electron chi connectivity index (χ2n) is 7.48. The van der Waals surface area contributed by atoms with Gasteiger partial charge in [-0.2, -0.15) is 0 Å². The Morgan fingerprint density at radius 2 is 2.11 bits per heavy atom. The maximum atomic E-state index is 12.8. The highest BCUT2D eigenvalue weighted by Crippen LogP contribution is 2.42. The van der Waals surface area contributed by atoms with Crippen LogP contribution in [0.1, 0.15) is 50.1 Å². The van der Waals surface area contributed by atoms with Crippen molar-refractivity contribution in [1.29, 1.82) is 0 Å². The molecule has 1 amide bonds. The summed E-state index contributed by atoms with van der Waals surface area (Å²) in [6.07, 6.45) is 3.57. The lowest BCUT2D eigenvalue weighted by Gasteiger charge is -2.32. The highest BCUT2D eigenvalue weighted by Gasteiger charge is 2.43. The minimum atomic E-state index is -0.392. The van der Waals surface area contributed by atoms with Crippen molar-refractivity contribution in [2.75, 3.05) is 25.5 Å². The van der Waals surface area contributed by atoms with E-state index >= 15 is 0 Å². The number of amides is 1. The van der Waals surface area contributed by atoms with Gasteiger partial charge in [-0.3, -0.25) is 4.79 Å². The number of fused-ring (bicyclic) bond motifs is 1. The molecule has 2 aromatic heterocycles. The van der Waals surface area contributed by atoms with Crippen LogP contribution in [0.2, 0.25) is 0 Å². The van der Waals surface area contributed by atoms with Crippen molar-refractivity contribution in [1.82, 2.24) is 0 Å². The van der Waals surface area contributed by atoms with Crippen molar-refractivity contribution in [2.24, 2.45) is 5.92 Å². The molecular weight excluding hydrogens is 380 g/mol. The van der Waals surface area contributed by atoms with E-state index in [-0.39, 0.29) is 5.91 Å². The number of anilines is 1. The predicted octanol–water partition coefficient (Wildman–Crippen LogP) is 2.74. The van der Waals surface area contributed by atoms with E-state index in [9.17, 15) is 9.59 Å². The molecule has 1 saturated carbocycles. The minimum Gasteiger partial charge on any atom is -0.465 e. The molecule has 5 nitrogen and oxygen atoms in total. The molecular formula is C20H25N2O3S2+. The Bertz CT molecular complexity index is 882. The van der Waals surface area contributed by atoms with E-state index in [2.05, 4.69) is 16.8 Å². The third-order valence-electron chi connectivity index (χ3n) is 5.74. The molecule has 2 aliphatic rings. The van der Waals surface area contributed by atoms with Gasteiger partial charge in [-0.25, -0.2) is 4.79 Å². The zero-order valence-electron chi connectivity index (χ0n) is 15.9. The molecule has 1 unspecified atom stereocenters. The van der Waals surface area contributed by atoms with Crippen LogP contribution in [0.5, 0.6) is 0 Å². The predicted molar refractivity (Wildman–Crippen MR) is 108 cm³/mol. The summed E-state index contributed by atoms with van der Waals surface area (Å²) in [5.41, 5.74) is 2.82. The van der Waals surface area contributed by atoms with Crippen LogP contribution in [0, 0.1) is 19.8 Å². The van der Waals surface area contributed by atoms with Gasteiger partial charge >= 0.3 is 5.97 Å². The van der Waals surface area contributed by atoms with Crippen molar-refractivity contribution in [3.8, 4) is 0 Å². The number of hydrogen-bond acceptors (Lipinski definition) is 5. The Labute approximate surface area is 167 Å². The molecule has 1 fully saturated rings. The van der Waals surface area contributed by atoms with E-state index in [4.69, 9.17) is 4.74 Å². The maximum absolute atomic E-state index is 12.8. The first-order chi connectivity index (χ1) is 13.0. The number of quaternary nitrogens is 1. The number of aryl methyl sites for hydroxylation is 1. The number of carbonyl (C=O) groups excluding carboxylic acids is 2. The lowest BCUT2D eigenvalue weighted by Crippen LogP contribution is -3.14. The summed E-state index contributed by atoms with van der Waals surface area (Å²) in [6.45, 7) is 5.28. The molecule has 0 aromatic carbocycles. The molecule has 144 valence electrons. The van der Waals surface area contributed by atoms with E-state index in [1.165, 1.54) is 46.6 Å². The molecule has 0 bridgehead atoms. The van der Waals surface area contributed by atoms with Gasteiger partial charge in [0.25, 0.3) is 5.91 Å². The SMILES string of the molecule is COC(=O)c1c(NC(=O)C[NH+]2CCc3sccc3[C@H]2C2CC2)sc(C)c1C. The molecule has 0 radical (unpaired) electrons. The normalized spacial score (nSPS) is 21.6. The summed E-state index contributed by atoms with van der Waals surface area (Å²) in [5, 5.41) is 5.79. The topological polar surface area (TPSA) is 59.8 Å². The first kappa shape index (κ1) is 18.7. The number of ether oxygens (including phenoxy) is 1. The third kappa shape index (κ3) is 3.56. The van der Waals surface area contributed by atoms with E-state index < -0.39 is 5.97 Å². The Morgan fingerprint density at radius 3 is 2.81 bits per heavy atom. The maximum Gasteiger partial charge on any atom is 0.341 e. The number of esters is 1. The van der Waals surface area contributed by atoms with Crippen LogP contribution in [-0.4, -0.2) is 32.1 Å². The van der Waals surface area contributed by atoms with Gasteiger partial charge in [0.15, 0.2) is 6.54 Å². The average molecular weight is 406 g/mol. The second-order valence-corrected chi connectivity index (χ2v) is 9.70. The molecule has 4 rings (SSSR count). The van der Waals surface area contributed by atoms with Crippen LogP contribution in [0.3, 0.4) is 0 Å². The van der Waals surface area contributed by atoms with Gasteiger partial charge in [0.1, 0.15) is 11.0 Å². The summed E-state index contributed by atoms with van der Waals surface area (Å²) >= 11 is 3.29. The van der Waals surface area contributed by atoms with Crippen LogP contribution < -0.4 is 10.2 Å². The lowest BCUT2D eigenvalue weighted by molar-refractivity contribution is -0.928. The Morgan fingerprint density at radius 1 is 1.33 bits per heavy atom. The van der Waals surface area contributed by atoms with Crippen LogP contribution >= 0.6 is 22.7 Å². The molecule has 27 heavy (non-hydrogen) atoms. The standard InChI is InChI=1S/C20H24N2O3S2/c1-11-12(2)27-19(17(11)20(24)25-3)21-16(23)10-22-8-6-15-14(7-9-26-15)18(22)13-4-5-13/h7,9,13,18H,4-6,8,10H2,1-3H3,(H,21,23)/p+1/t18-/m1/s1. The molecule has 1 aliphatic heterocycles. The van der Waals surface area contributed by atoms with Crippen LogP contribution in [0.15, 0.2) is 11.4 Å². The lowest BCUT2D eigenvalue weighted by atomic mass is 9.96. The molecule has 3 heterocycles. The van der Waals surface area contributed by atoms with Crippen molar-refractivity contribution >= 4 is 39.6 Å². The fraction of sp³-hybridized carbons (Fsp3) is 0.500. The fourth-order valence-corrected chi connectivity index (χ4v) is 6.13. The Hall–Kier alpha value is -1.70. The molecule has 1 aliphatic carbocycles. The molecule has 0 saturated heterocycles. The summed E-state index contributed by atoms with van der Waals surface area (Å²) in [7, 11) is 1.37. The van der Waals surface area contributed by atoms with Crippen molar-refractivity contribution < 1.29 is 19.2 Å². The van der Waals surface area contributed by atoms with E-state index in [0.717, 1.165) is 23.4 Å². The number of thiophene rings is 2. The molecule has 2 atom stereocenters. The number of rotatable bonds is 5. The van der Waals surface area contributed by atoms with Crippen LogP contribution in [0.4, 0.5) is 5.00 Å². The Kier molecular flexibility index (Phi) is 5.09. The van der Waals surface area contributed by atoms with E-state index in [1.807, 2.05) is 25.2 Å². The number of hydrogen-bond donors (Lipinski definition) is 2. The van der Waals surface area contributed by atoms with Crippen molar-refractivity contribution in [2.45, 2.75) is 39.2 Å². The zero-order valence-corrected chi connectivity index (χ0v) is 17.5. The van der Waals surface area contributed by atoms with Gasteiger partial charge in [-0.15, -0.1) is 22.7 Å². The molecule has 2 N–H and O–H groups in total. The molecule has 0 spiro atoms. The third-order valence-corrected chi connectivity index (χ3v) is 7.86.